The van der Waals surface area contributed by atoms with Gasteiger partial charge in [0, 0.05) is 11.1 Å². The summed E-state index contributed by atoms with van der Waals surface area (Å²) in [4.78, 5) is 67.2. The van der Waals surface area contributed by atoms with Crippen LogP contribution in [0.15, 0.2) is 82.3 Å². The SMILES string of the molecule is [C-]#[N+]C1=C(C)C(=CC=Cc2c(C)c(C#N)c(=O)n(-c3ccccc3C(=O)O)c2O)C(=O)N(c2ccccc2C(=O)O)C1=O. The third-order valence-corrected chi connectivity index (χ3v) is 6.75. The van der Waals surface area contributed by atoms with Crippen LogP contribution in [0.3, 0.4) is 0 Å². The van der Waals surface area contributed by atoms with Gasteiger partial charge in [0.15, 0.2) is 0 Å². The number of aromatic nitrogens is 1. The van der Waals surface area contributed by atoms with Crippen LogP contribution in [-0.4, -0.2) is 43.6 Å². The third-order valence-electron chi connectivity index (χ3n) is 6.75. The largest absolute Gasteiger partial charge is 0.494 e. The maximum absolute atomic E-state index is 13.5. The maximum Gasteiger partial charge on any atom is 0.337 e. The van der Waals surface area contributed by atoms with E-state index in [1.54, 1.807) is 6.07 Å². The first-order valence-electron chi connectivity index (χ1n) is 12.4. The van der Waals surface area contributed by atoms with Gasteiger partial charge in [-0.15, -0.1) is 0 Å². The lowest BCUT2D eigenvalue weighted by atomic mass is 9.96. The van der Waals surface area contributed by atoms with Gasteiger partial charge in [-0.25, -0.2) is 19.0 Å². The topological polar surface area (TPSA) is 182 Å². The molecule has 0 bridgehead atoms. The van der Waals surface area contributed by atoms with Crippen LogP contribution in [0.25, 0.3) is 16.6 Å². The second-order valence-electron chi connectivity index (χ2n) is 9.10. The van der Waals surface area contributed by atoms with E-state index in [-0.39, 0.29) is 50.3 Å². The Bertz CT molecular complexity index is 2000. The Morgan fingerprint density at radius 1 is 0.930 bits per heavy atom. The van der Waals surface area contributed by atoms with Gasteiger partial charge in [0.2, 0.25) is 5.88 Å². The number of nitrogens with zero attached hydrogens (tertiary/aromatic N) is 4. The molecule has 3 N–H and O–H groups in total. The molecule has 12 heteroatoms. The van der Waals surface area contributed by atoms with E-state index in [4.69, 9.17) is 6.57 Å². The molecule has 212 valence electrons. The summed E-state index contributed by atoms with van der Waals surface area (Å²) in [7, 11) is 0. The van der Waals surface area contributed by atoms with Crippen LogP contribution in [0.1, 0.15) is 44.3 Å². The lowest BCUT2D eigenvalue weighted by Crippen LogP contribution is -2.43. The summed E-state index contributed by atoms with van der Waals surface area (Å²) in [5.41, 5.74) is -2.88. The van der Waals surface area contributed by atoms with Gasteiger partial charge in [0.05, 0.1) is 29.1 Å². The first-order chi connectivity index (χ1) is 20.5. The molecule has 0 aliphatic carbocycles. The zero-order valence-corrected chi connectivity index (χ0v) is 22.5. The molecule has 0 saturated carbocycles. The molecule has 2 amide bonds. The number of carbonyl (C=O) groups is 4. The minimum atomic E-state index is -1.39. The van der Waals surface area contributed by atoms with Crippen LogP contribution in [0, 0.1) is 24.8 Å². The Morgan fingerprint density at radius 3 is 2.05 bits per heavy atom. The summed E-state index contributed by atoms with van der Waals surface area (Å²) < 4.78 is 0.694. The van der Waals surface area contributed by atoms with Crippen molar-refractivity contribution in [3.63, 3.8) is 0 Å². The molecule has 1 aliphatic rings. The molecule has 2 aromatic carbocycles. The zero-order valence-electron chi connectivity index (χ0n) is 22.5. The van der Waals surface area contributed by atoms with Gasteiger partial charge in [-0.3, -0.25) is 19.3 Å². The average Bonchev–Trinajstić information content (AvgIpc) is 2.97. The summed E-state index contributed by atoms with van der Waals surface area (Å²) in [5, 5.41) is 40.0. The molecule has 0 radical (unpaired) electrons. The van der Waals surface area contributed by atoms with Crippen molar-refractivity contribution in [1.82, 2.24) is 4.57 Å². The summed E-state index contributed by atoms with van der Waals surface area (Å²) in [5.74, 6) is -5.35. The second-order valence-corrected chi connectivity index (χ2v) is 9.10. The number of anilines is 1. The smallest absolute Gasteiger partial charge is 0.337 e. The molecular weight excluding hydrogens is 556 g/mol. The predicted molar refractivity (Wildman–Crippen MR) is 152 cm³/mol. The van der Waals surface area contributed by atoms with E-state index in [9.17, 15) is 44.6 Å². The van der Waals surface area contributed by atoms with Crippen molar-refractivity contribution in [1.29, 1.82) is 5.26 Å². The molecule has 0 spiro atoms. The fraction of sp³-hybridized carbons (Fsp3) is 0.0645. The fourth-order valence-corrected chi connectivity index (χ4v) is 4.60. The number of aromatic hydroxyl groups is 1. The Morgan fingerprint density at radius 2 is 1.49 bits per heavy atom. The number of rotatable bonds is 6. The van der Waals surface area contributed by atoms with Crippen LogP contribution in [-0.2, 0) is 9.59 Å². The van der Waals surface area contributed by atoms with Gasteiger partial charge in [-0.05, 0) is 55.3 Å². The Hall–Kier alpha value is -6.53. The Kier molecular flexibility index (Phi) is 7.89. The number of para-hydroxylation sites is 2. The number of nitriles is 1. The van der Waals surface area contributed by atoms with Crippen molar-refractivity contribution in [2.75, 3.05) is 4.90 Å². The molecule has 0 saturated heterocycles. The predicted octanol–water partition coefficient (Wildman–Crippen LogP) is 3.83. The first kappa shape index (κ1) is 29.5. The minimum Gasteiger partial charge on any atom is -0.494 e. The number of allylic oxidation sites excluding steroid dienone is 2. The number of amides is 2. The molecule has 1 aromatic heterocycles. The number of carboxylic acid groups (broad SMARTS) is 2. The van der Waals surface area contributed by atoms with Gasteiger partial charge in [-0.2, -0.15) is 5.26 Å². The summed E-state index contributed by atoms with van der Waals surface area (Å²) in [6, 6.07) is 12.5. The van der Waals surface area contributed by atoms with Gasteiger partial charge in [0.1, 0.15) is 11.6 Å². The maximum atomic E-state index is 13.5. The van der Waals surface area contributed by atoms with Crippen LogP contribution >= 0.6 is 0 Å². The highest BCUT2D eigenvalue weighted by Crippen LogP contribution is 2.33. The molecule has 3 aromatic rings. The van der Waals surface area contributed by atoms with E-state index in [0.29, 0.717) is 9.47 Å². The van der Waals surface area contributed by atoms with E-state index in [1.165, 1.54) is 80.6 Å². The second kappa shape index (κ2) is 11.5. The number of carboxylic acids is 2. The van der Waals surface area contributed by atoms with E-state index in [1.807, 2.05) is 0 Å². The number of imide groups is 1. The Balaban J connectivity index is 1.91. The number of pyridine rings is 1. The molecule has 0 fully saturated rings. The number of aromatic carboxylic acids is 2. The van der Waals surface area contributed by atoms with Gasteiger partial charge in [0.25, 0.3) is 23.1 Å². The molecule has 12 nitrogen and oxygen atoms in total. The quantitative estimate of drug-likeness (QED) is 0.223. The fourth-order valence-electron chi connectivity index (χ4n) is 4.60. The molecule has 43 heavy (non-hydrogen) atoms. The lowest BCUT2D eigenvalue weighted by molar-refractivity contribution is -0.123. The van der Waals surface area contributed by atoms with E-state index in [2.05, 4.69) is 4.85 Å². The van der Waals surface area contributed by atoms with E-state index in [0.717, 1.165) is 0 Å². The first-order valence-corrected chi connectivity index (χ1v) is 12.4. The summed E-state index contributed by atoms with van der Waals surface area (Å²) >= 11 is 0. The van der Waals surface area contributed by atoms with Crippen LogP contribution in [0.4, 0.5) is 5.69 Å². The van der Waals surface area contributed by atoms with E-state index >= 15 is 0 Å². The van der Waals surface area contributed by atoms with Gasteiger partial charge < -0.3 is 15.3 Å². The van der Waals surface area contributed by atoms with Crippen molar-refractivity contribution < 1.29 is 34.5 Å². The van der Waals surface area contributed by atoms with Crippen molar-refractivity contribution in [2.24, 2.45) is 0 Å². The van der Waals surface area contributed by atoms with Crippen molar-refractivity contribution in [3.8, 4) is 17.6 Å². The number of carbonyl (C=O) groups excluding carboxylic acids is 2. The molecule has 1 aliphatic heterocycles. The van der Waals surface area contributed by atoms with E-state index < -0.39 is 40.9 Å². The van der Waals surface area contributed by atoms with Crippen LogP contribution in [0.2, 0.25) is 0 Å². The highest BCUT2D eigenvalue weighted by molar-refractivity contribution is 6.31. The van der Waals surface area contributed by atoms with Crippen LogP contribution < -0.4 is 10.5 Å². The molecule has 0 unspecified atom stereocenters. The normalized spacial score (nSPS) is 14.2. The van der Waals surface area contributed by atoms with Crippen LogP contribution in [0.5, 0.6) is 5.88 Å². The van der Waals surface area contributed by atoms with Crippen molar-refractivity contribution in [2.45, 2.75) is 13.8 Å². The lowest BCUT2D eigenvalue weighted by Gasteiger charge is -2.28. The Labute approximate surface area is 243 Å². The summed E-state index contributed by atoms with van der Waals surface area (Å²) in [6.07, 6.45) is 3.77. The van der Waals surface area contributed by atoms with Gasteiger partial charge >= 0.3 is 11.9 Å². The molecule has 2 heterocycles. The monoisotopic (exact) mass is 576 g/mol. The van der Waals surface area contributed by atoms with Crippen molar-refractivity contribution >= 4 is 35.5 Å². The highest BCUT2D eigenvalue weighted by Gasteiger charge is 2.38. The molecule has 0 atom stereocenters. The minimum absolute atomic E-state index is 0.0257. The number of hydrogen-bond donors (Lipinski definition) is 3. The average molecular weight is 577 g/mol. The third kappa shape index (κ3) is 4.96. The zero-order chi connectivity index (χ0) is 31.6. The number of benzene rings is 2. The standard InChI is InChI=1S/C31H20N4O8/c1-16-18(26(36)34(28(38)22(16)15-32)23-13-6-4-9-20(23)30(40)41)11-8-12-19-17(2)25(33-3)29(39)35(27(19)37)24-14-7-5-10-21(24)31(42)43/h4-14,36H,1-2H3,(H,40,41)(H,42,43). The molecular formula is C31H20N4O8. The molecule has 4 rings (SSSR count). The number of hydrogen-bond acceptors (Lipinski definition) is 7. The summed E-state index contributed by atoms with van der Waals surface area (Å²) in [6.45, 7) is 10.3. The highest BCUT2D eigenvalue weighted by atomic mass is 16.4. The van der Waals surface area contributed by atoms with Gasteiger partial charge in [-0.1, -0.05) is 36.4 Å². The van der Waals surface area contributed by atoms with Crippen molar-refractivity contribution in [3.05, 3.63) is 127 Å².